The van der Waals surface area contributed by atoms with Crippen molar-refractivity contribution in [1.82, 2.24) is 10.2 Å². The summed E-state index contributed by atoms with van der Waals surface area (Å²) in [5.74, 6) is 0.488. The fourth-order valence-electron chi connectivity index (χ4n) is 3.48. The molecule has 0 radical (unpaired) electrons. The summed E-state index contributed by atoms with van der Waals surface area (Å²) >= 11 is 19.6. The third kappa shape index (κ3) is 7.67. The number of hydrogen-bond donors (Lipinski definition) is 1. The summed E-state index contributed by atoms with van der Waals surface area (Å²) in [4.78, 5) is 28.0. The Bertz CT molecular complexity index is 1110. The van der Waals surface area contributed by atoms with Crippen LogP contribution < -0.4 is 5.32 Å². The van der Waals surface area contributed by atoms with E-state index in [-0.39, 0.29) is 17.6 Å². The topological polar surface area (TPSA) is 49.4 Å². The molecule has 0 aliphatic carbocycles. The molecule has 2 amide bonds. The summed E-state index contributed by atoms with van der Waals surface area (Å²) in [7, 11) is 1.59. The fraction of sp³-hybridized carbons (Fsp3) is 0.231. The second kappa shape index (κ2) is 13.1. The third-order valence-electron chi connectivity index (χ3n) is 5.26. The van der Waals surface area contributed by atoms with Crippen LogP contribution in [0.4, 0.5) is 0 Å². The average molecular weight is 536 g/mol. The number of hydrogen-bond acceptors (Lipinski definition) is 3. The highest BCUT2D eigenvalue weighted by Gasteiger charge is 2.29. The summed E-state index contributed by atoms with van der Waals surface area (Å²) in [6, 6.07) is 21.8. The molecule has 178 valence electrons. The Labute approximate surface area is 219 Å². The van der Waals surface area contributed by atoms with Gasteiger partial charge in [-0.05, 0) is 41.0 Å². The van der Waals surface area contributed by atoms with Gasteiger partial charge in [0.25, 0.3) is 0 Å². The maximum absolute atomic E-state index is 13.4. The first-order chi connectivity index (χ1) is 16.4. The molecule has 0 fully saturated rings. The smallest absolute Gasteiger partial charge is 0.242 e. The molecule has 4 nitrogen and oxygen atoms in total. The molecule has 3 aromatic rings. The molecule has 34 heavy (non-hydrogen) atoms. The van der Waals surface area contributed by atoms with Crippen LogP contribution in [0.1, 0.15) is 16.7 Å². The van der Waals surface area contributed by atoms with E-state index in [0.29, 0.717) is 33.8 Å². The number of nitrogens with zero attached hydrogens (tertiary/aromatic N) is 1. The molecular formula is C26H25Cl3N2O2S. The molecule has 0 saturated heterocycles. The highest BCUT2D eigenvalue weighted by atomic mass is 35.5. The number of nitrogens with one attached hydrogen (secondary N) is 1. The van der Waals surface area contributed by atoms with Gasteiger partial charge in [-0.1, -0.05) is 83.3 Å². The van der Waals surface area contributed by atoms with E-state index in [1.807, 2.05) is 48.5 Å². The summed E-state index contributed by atoms with van der Waals surface area (Å²) in [5.41, 5.74) is 2.85. The van der Waals surface area contributed by atoms with E-state index in [9.17, 15) is 9.59 Å². The van der Waals surface area contributed by atoms with E-state index < -0.39 is 6.04 Å². The molecule has 0 spiro atoms. The second-order valence-electron chi connectivity index (χ2n) is 7.71. The number of amides is 2. The van der Waals surface area contributed by atoms with Gasteiger partial charge in [0.05, 0.1) is 15.8 Å². The second-order valence-corrected chi connectivity index (χ2v) is 9.95. The zero-order valence-electron chi connectivity index (χ0n) is 18.6. The van der Waals surface area contributed by atoms with Crippen molar-refractivity contribution in [3.05, 3.63) is 105 Å². The molecule has 0 bridgehead atoms. The van der Waals surface area contributed by atoms with Gasteiger partial charge in [0.15, 0.2) is 0 Å². The van der Waals surface area contributed by atoms with Crippen LogP contribution in [0.2, 0.25) is 15.1 Å². The van der Waals surface area contributed by atoms with Gasteiger partial charge >= 0.3 is 0 Å². The molecule has 1 atom stereocenters. The van der Waals surface area contributed by atoms with Gasteiger partial charge < -0.3 is 10.2 Å². The Morgan fingerprint density at radius 2 is 1.56 bits per heavy atom. The minimum absolute atomic E-state index is 0.121. The normalized spacial score (nSPS) is 11.6. The largest absolute Gasteiger partial charge is 0.357 e. The van der Waals surface area contributed by atoms with Crippen LogP contribution in [0, 0.1) is 0 Å². The van der Waals surface area contributed by atoms with Crippen molar-refractivity contribution < 1.29 is 9.59 Å². The third-order valence-corrected chi connectivity index (χ3v) is 7.24. The number of carbonyl (C=O) groups excluding carboxylic acids is 2. The number of likely N-dealkylation sites (N-methyl/N-ethyl adjacent to an activating group) is 1. The maximum atomic E-state index is 13.4. The van der Waals surface area contributed by atoms with Gasteiger partial charge in [0.1, 0.15) is 6.04 Å². The first kappa shape index (κ1) is 26.4. The van der Waals surface area contributed by atoms with Gasteiger partial charge in [-0.15, -0.1) is 11.8 Å². The zero-order chi connectivity index (χ0) is 24.5. The first-order valence-electron chi connectivity index (χ1n) is 10.7. The van der Waals surface area contributed by atoms with Crippen LogP contribution in [-0.4, -0.2) is 35.6 Å². The Kier molecular flexibility index (Phi) is 10.1. The summed E-state index contributed by atoms with van der Waals surface area (Å²) in [6.07, 6.45) is 0.414. The van der Waals surface area contributed by atoms with Crippen molar-refractivity contribution in [3.8, 4) is 0 Å². The molecule has 0 aliphatic rings. The molecule has 0 heterocycles. The van der Waals surface area contributed by atoms with Crippen molar-refractivity contribution in [3.63, 3.8) is 0 Å². The Hall–Kier alpha value is -2.18. The average Bonchev–Trinajstić information content (AvgIpc) is 2.84. The fourth-order valence-corrected chi connectivity index (χ4v) is 4.78. The molecule has 1 unspecified atom stereocenters. The maximum Gasteiger partial charge on any atom is 0.242 e. The zero-order valence-corrected chi connectivity index (χ0v) is 21.7. The van der Waals surface area contributed by atoms with E-state index >= 15 is 0 Å². The molecule has 3 rings (SSSR count). The molecule has 0 aliphatic heterocycles. The lowest BCUT2D eigenvalue weighted by Gasteiger charge is -2.31. The van der Waals surface area contributed by atoms with Crippen LogP contribution >= 0.6 is 46.6 Å². The van der Waals surface area contributed by atoms with Crippen LogP contribution in [0.5, 0.6) is 0 Å². The SMILES string of the molecule is CNC(=O)C(Cc1ccccc1)N(Cc1ccc(Cl)cc1)C(=O)CSCc1ccc(Cl)c(Cl)c1. The predicted octanol–water partition coefficient (Wildman–Crippen LogP) is 6.27. The van der Waals surface area contributed by atoms with Gasteiger partial charge in [-0.2, -0.15) is 0 Å². The lowest BCUT2D eigenvalue weighted by molar-refractivity contribution is -0.139. The lowest BCUT2D eigenvalue weighted by Crippen LogP contribution is -2.50. The highest BCUT2D eigenvalue weighted by Crippen LogP contribution is 2.25. The highest BCUT2D eigenvalue weighted by molar-refractivity contribution is 7.99. The van der Waals surface area contributed by atoms with Crippen molar-refractivity contribution >= 4 is 58.4 Å². The Morgan fingerprint density at radius 1 is 0.882 bits per heavy atom. The van der Waals surface area contributed by atoms with Crippen molar-refractivity contribution in [2.75, 3.05) is 12.8 Å². The van der Waals surface area contributed by atoms with Crippen molar-refractivity contribution in [2.24, 2.45) is 0 Å². The summed E-state index contributed by atoms with van der Waals surface area (Å²) in [5, 5.41) is 4.32. The van der Waals surface area contributed by atoms with Crippen LogP contribution in [0.15, 0.2) is 72.8 Å². The minimum atomic E-state index is -0.652. The van der Waals surface area contributed by atoms with Crippen LogP contribution in [0.3, 0.4) is 0 Å². The number of thioether (sulfide) groups is 1. The standard InChI is InChI=1S/C26H25Cl3N2O2S/c1-30-26(33)24(14-18-5-3-2-4-6-18)31(15-19-7-10-21(27)11-8-19)25(32)17-34-16-20-9-12-22(28)23(29)13-20/h2-13,24H,14-17H2,1H3,(H,30,33). The molecular weight excluding hydrogens is 511 g/mol. The molecule has 0 saturated carbocycles. The van der Waals surface area contributed by atoms with Crippen LogP contribution in [-0.2, 0) is 28.3 Å². The van der Waals surface area contributed by atoms with E-state index in [4.69, 9.17) is 34.8 Å². The summed E-state index contributed by atoms with van der Waals surface area (Å²) in [6.45, 7) is 0.300. The van der Waals surface area contributed by atoms with Gasteiger partial charge in [-0.3, -0.25) is 9.59 Å². The molecule has 8 heteroatoms. The Morgan fingerprint density at radius 3 is 2.21 bits per heavy atom. The van der Waals surface area contributed by atoms with Gasteiger partial charge in [-0.25, -0.2) is 0 Å². The van der Waals surface area contributed by atoms with Crippen molar-refractivity contribution in [2.45, 2.75) is 24.8 Å². The number of rotatable bonds is 10. The van der Waals surface area contributed by atoms with E-state index in [1.165, 1.54) is 11.8 Å². The molecule has 3 aromatic carbocycles. The van der Waals surface area contributed by atoms with E-state index in [1.54, 1.807) is 36.2 Å². The van der Waals surface area contributed by atoms with Gasteiger partial charge in [0, 0.05) is 30.8 Å². The predicted molar refractivity (Wildman–Crippen MR) is 143 cm³/mol. The summed E-state index contributed by atoms with van der Waals surface area (Å²) < 4.78 is 0. The van der Waals surface area contributed by atoms with Crippen molar-refractivity contribution in [1.29, 1.82) is 0 Å². The molecule has 0 aromatic heterocycles. The lowest BCUT2D eigenvalue weighted by atomic mass is 10.0. The number of halogens is 3. The van der Waals surface area contributed by atoms with Gasteiger partial charge in [0.2, 0.25) is 11.8 Å². The Balaban J connectivity index is 1.79. The van der Waals surface area contributed by atoms with Crippen LogP contribution in [0.25, 0.3) is 0 Å². The number of carbonyl (C=O) groups is 2. The monoisotopic (exact) mass is 534 g/mol. The first-order valence-corrected chi connectivity index (χ1v) is 13.0. The quantitative estimate of drug-likeness (QED) is 0.333. The number of benzene rings is 3. The van der Waals surface area contributed by atoms with E-state index in [0.717, 1.165) is 16.7 Å². The van der Waals surface area contributed by atoms with E-state index in [2.05, 4.69) is 5.32 Å². The minimum Gasteiger partial charge on any atom is -0.357 e. The molecule has 1 N–H and O–H groups in total.